The second kappa shape index (κ2) is 21.3. The molecule has 0 saturated carbocycles. The molecule has 2 atom stereocenters. The van der Waals surface area contributed by atoms with E-state index in [-0.39, 0.29) is 41.5 Å². The van der Waals surface area contributed by atoms with Crippen LogP contribution in [-0.2, 0) is 35.2 Å². The van der Waals surface area contributed by atoms with Gasteiger partial charge in [0.25, 0.3) is 5.69 Å². The number of nitrogens with zero attached hydrogens (tertiary/aromatic N) is 6. The third-order valence-corrected chi connectivity index (χ3v) is 15.8. The van der Waals surface area contributed by atoms with Gasteiger partial charge < -0.3 is 25.2 Å². The number of carbonyl (C=O) groups excluding carboxylic acids is 3. The van der Waals surface area contributed by atoms with Crippen molar-refractivity contribution in [2.24, 2.45) is 23.5 Å². The SMILES string of the molecule is CCOC(=O)N1CCC(C2c3ccc(Cl)cc3CCc3cc([N+](=O)[O-])cnc32)CC1.NC(=O)N1CCC(CC(=O)N2CCC(C3c4ncc(Br)cc4CCc4cc(Cl)cc(Br)c43)CC2)CC1. The number of piperidine rings is 3. The van der Waals surface area contributed by atoms with E-state index in [0.717, 1.165) is 102 Å². The summed E-state index contributed by atoms with van der Waals surface area (Å²) in [6.07, 6.45) is 12.1. The number of aryl methyl sites for hydroxylation is 4. The van der Waals surface area contributed by atoms with Gasteiger partial charge in [-0.1, -0.05) is 45.2 Å². The molecule has 3 fully saturated rings. The number of carbonyl (C=O) groups is 3. The molecule has 2 aliphatic carbocycles. The molecule has 0 radical (unpaired) electrons. The number of primary amides is 1. The molecule has 5 heterocycles. The Morgan fingerprint density at radius 1 is 0.742 bits per heavy atom. The first kappa shape index (κ1) is 48.2. The summed E-state index contributed by atoms with van der Waals surface area (Å²) >= 11 is 20.1. The summed E-state index contributed by atoms with van der Waals surface area (Å²) in [5.41, 5.74) is 14.6. The summed E-state index contributed by atoms with van der Waals surface area (Å²) in [6.45, 7) is 6.27. The first-order chi connectivity index (χ1) is 31.8. The summed E-state index contributed by atoms with van der Waals surface area (Å²) < 4.78 is 7.19. The number of nitro groups is 1. The number of likely N-dealkylation sites (tertiary alicyclic amines) is 3. The second-order valence-electron chi connectivity index (χ2n) is 18.2. The maximum Gasteiger partial charge on any atom is 0.409 e. The van der Waals surface area contributed by atoms with Crippen LogP contribution < -0.4 is 5.73 Å². The highest BCUT2D eigenvalue weighted by molar-refractivity contribution is 9.10. The molecule has 2 aromatic carbocycles. The zero-order valence-electron chi connectivity index (χ0n) is 37.0. The van der Waals surface area contributed by atoms with Gasteiger partial charge in [0.05, 0.1) is 22.9 Å². The van der Waals surface area contributed by atoms with Crippen LogP contribution in [-0.4, -0.2) is 93.5 Å². The summed E-state index contributed by atoms with van der Waals surface area (Å²) in [7, 11) is 0. The molecule has 13 nitrogen and oxygen atoms in total. The Balaban J connectivity index is 0.000000182. The van der Waals surface area contributed by atoms with Crippen LogP contribution >= 0.6 is 55.1 Å². The van der Waals surface area contributed by atoms with Crippen molar-refractivity contribution in [3.8, 4) is 0 Å². The number of hydrogen-bond acceptors (Lipinski definition) is 8. The molecule has 3 saturated heterocycles. The van der Waals surface area contributed by atoms with Gasteiger partial charge >= 0.3 is 12.1 Å². The van der Waals surface area contributed by atoms with Crippen molar-refractivity contribution in [2.75, 3.05) is 45.9 Å². The number of rotatable bonds is 6. The number of halogens is 4. The summed E-state index contributed by atoms with van der Waals surface area (Å²) in [5, 5.41) is 12.7. The molecule has 17 heteroatoms. The van der Waals surface area contributed by atoms with Gasteiger partial charge in [-0.2, -0.15) is 0 Å². The van der Waals surface area contributed by atoms with Crippen LogP contribution in [0.5, 0.6) is 0 Å². The van der Waals surface area contributed by atoms with E-state index in [4.69, 9.17) is 38.7 Å². The maximum absolute atomic E-state index is 13.1. The molecule has 3 aliphatic heterocycles. The van der Waals surface area contributed by atoms with Gasteiger partial charge in [-0.15, -0.1) is 0 Å². The molecule has 66 heavy (non-hydrogen) atoms. The van der Waals surface area contributed by atoms with Gasteiger partial charge in [0.15, 0.2) is 0 Å². The van der Waals surface area contributed by atoms with Crippen molar-refractivity contribution in [3.05, 3.63) is 129 Å². The van der Waals surface area contributed by atoms with Crippen molar-refractivity contribution < 1.29 is 24.0 Å². The Labute approximate surface area is 412 Å². The number of aromatic nitrogens is 2. The van der Waals surface area contributed by atoms with E-state index in [1.54, 1.807) is 22.8 Å². The first-order valence-corrected chi connectivity index (χ1v) is 25.4. The summed E-state index contributed by atoms with van der Waals surface area (Å²) in [5.74, 6) is 1.45. The topological polar surface area (TPSA) is 165 Å². The molecule has 4 aromatic rings. The van der Waals surface area contributed by atoms with Crippen LogP contribution in [0.2, 0.25) is 10.0 Å². The number of nitrogens with two attached hydrogens (primary N) is 1. The smallest absolute Gasteiger partial charge is 0.409 e. The fourth-order valence-electron chi connectivity index (χ4n) is 11.0. The quantitative estimate of drug-likeness (QED) is 0.147. The lowest BCUT2D eigenvalue weighted by Gasteiger charge is -2.38. The lowest BCUT2D eigenvalue weighted by Crippen LogP contribution is -2.44. The molecule has 9 rings (SSSR count). The van der Waals surface area contributed by atoms with E-state index in [1.165, 1.54) is 34.0 Å². The number of urea groups is 1. The molecular weight excluding hydrogens is 1010 g/mol. The Morgan fingerprint density at radius 3 is 1.98 bits per heavy atom. The highest BCUT2D eigenvalue weighted by atomic mass is 79.9. The average Bonchev–Trinajstić information content (AvgIpc) is 3.57. The minimum atomic E-state index is -0.394. The van der Waals surface area contributed by atoms with Gasteiger partial charge in [0.1, 0.15) is 6.20 Å². The number of pyridine rings is 2. The number of benzene rings is 2. The van der Waals surface area contributed by atoms with E-state index in [9.17, 15) is 24.5 Å². The summed E-state index contributed by atoms with van der Waals surface area (Å²) in [6, 6.07) is 13.6. The van der Waals surface area contributed by atoms with Crippen LogP contribution in [0.1, 0.15) is 108 Å². The van der Waals surface area contributed by atoms with Crippen molar-refractivity contribution in [1.82, 2.24) is 24.7 Å². The zero-order chi connectivity index (χ0) is 46.6. The molecule has 2 unspecified atom stereocenters. The van der Waals surface area contributed by atoms with E-state index in [1.807, 2.05) is 29.3 Å². The highest BCUT2D eigenvalue weighted by Crippen LogP contribution is 2.47. The maximum atomic E-state index is 13.1. The zero-order valence-corrected chi connectivity index (χ0v) is 41.7. The van der Waals surface area contributed by atoms with Crippen LogP contribution in [0.15, 0.2) is 63.8 Å². The average molecular weight is 1070 g/mol. The van der Waals surface area contributed by atoms with Gasteiger partial charge in [-0.3, -0.25) is 24.9 Å². The molecule has 350 valence electrons. The number of ether oxygens (including phenoxy) is 1. The monoisotopic (exact) mass is 1070 g/mol. The third kappa shape index (κ3) is 10.8. The second-order valence-corrected chi connectivity index (χ2v) is 20.8. The molecular formula is C49H55Br2Cl2N7O6. The predicted octanol–water partition coefficient (Wildman–Crippen LogP) is 10.7. The Morgan fingerprint density at radius 2 is 1.32 bits per heavy atom. The third-order valence-electron chi connectivity index (χ3n) is 14.3. The fourth-order valence-corrected chi connectivity index (χ4v) is 12.6. The first-order valence-electron chi connectivity index (χ1n) is 23.0. The largest absolute Gasteiger partial charge is 0.450 e. The van der Waals surface area contributed by atoms with E-state index < -0.39 is 4.92 Å². The fraction of sp³-hybridized carbons (Fsp3) is 0.490. The van der Waals surface area contributed by atoms with Crippen molar-refractivity contribution in [2.45, 2.75) is 89.4 Å². The molecule has 2 N–H and O–H groups in total. The minimum Gasteiger partial charge on any atom is -0.450 e. The van der Waals surface area contributed by atoms with Crippen molar-refractivity contribution in [3.63, 3.8) is 0 Å². The lowest BCUT2D eigenvalue weighted by atomic mass is 9.76. The van der Waals surface area contributed by atoms with Gasteiger partial charge in [0.2, 0.25) is 5.91 Å². The van der Waals surface area contributed by atoms with Crippen LogP contribution in [0.25, 0.3) is 0 Å². The molecule has 4 amide bonds. The Hall–Kier alpha value is -4.31. The van der Waals surface area contributed by atoms with Crippen molar-refractivity contribution in [1.29, 1.82) is 0 Å². The van der Waals surface area contributed by atoms with E-state index >= 15 is 0 Å². The molecule has 5 aliphatic rings. The van der Waals surface area contributed by atoms with E-state index in [2.05, 4.69) is 55.0 Å². The lowest BCUT2D eigenvalue weighted by molar-refractivity contribution is -0.385. The van der Waals surface area contributed by atoms with Crippen LogP contribution in [0.3, 0.4) is 0 Å². The highest BCUT2D eigenvalue weighted by Gasteiger charge is 2.38. The normalized spacial score (nSPS) is 20.0. The van der Waals surface area contributed by atoms with Crippen LogP contribution in [0, 0.1) is 27.9 Å². The van der Waals surface area contributed by atoms with Crippen molar-refractivity contribution >= 4 is 78.8 Å². The number of amides is 4. The molecule has 0 bridgehead atoms. The Kier molecular flexibility index (Phi) is 15.6. The van der Waals surface area contributed by atoms with Gasteiger partial charge in [-0.25, -0.2) is 9.59 Å². The van der Waals surface area contributed by atoms with Crippen LogP contribution in [0.4, 0.5) is 15.3 Å². The molecule has 2 aromatic heterocycles. The standard InChI is InChI=1S/C27H31Br2ClN4O2.C22H24ClN3O4/c28-20-12-19-2-1-18-13-21(30)14-22(29)24(18)25(26(19)32-15-20)17-5-9-33(10-6-17)23(35)11-16-3-7-34(8-4-16)27(31)36;1-2-30-22(27)25-9-7-14(8-10-25)20-19-6-5-17(23)11-15(19)3-4-16-12-18(26(28)29)13-24-21(16)20/h12-17,25H,1-11H2,(H2,31,36);5-6,11-14,20H,2-4,7-10H2,1H3. The number of fused-ring (bicyclic) bond motifs is 4. The molecule has 0 spiro atoms. The number of hydrogen-bond donors (Lipinski definition) is 1. The van der Waals surface area contributed by atoms with E-state index in [0.29, 0.717) is 62.5 Å². The predicted molar refractivity (Wildman–Crippen MR) is 261 cm³/mol. The minimum absolute atomic E-state index is 0.0219. The van der Waals surface area contributed by atoms with Gasteiger partial charge in [-0.05, 0) is 169 Å². The van der Waals surface area contributed by atoms with Gasteiger partial charge in [0, 0.05) is 88.8 Å². The Bertz CT molecular complexity index is 2470. The summed E-state index contributed by atoms with van der Waals surface area (Å²) in [4.78, 5) is 62.4.